The normalized spacial score (nSPS) is 15.1. The number of carbonyl (C=O) groups excluding carboxylic acids is 2. The largest absolute Gasteiger partial charge is 0.497 e. The standard InChI is InChI=1S/C24H26FN5O4S/c1-33-19-10-4-16(5-11-19)23-28-29-24(30(23)14-20-3-2-12-34-20)35-15-22(32)26-13-21(31)27-18-8-6-17(25)7-9-18/h4-11,20H,2-3,12-15H2,1H3,(H,26,32)(H,27,31). The van der Waals surface area contributed by atoms with Gasteiger partial charge in [-0.1, -0.05) is 11.8 Å². The van der Waals surface area contributed by atoms with E-state index in [1.165, 1.54) is 36.0 Å². The molecule has 1 aliphatic heterocycles. The van der Waals surface area contributed by atoms with E-state index >= 15 is 0 Å². The molecule has 0 radical (unpaired) electrons. The number of ether oxygens (including phenoxy) is 2. The molecule has 1 fully saturated rings. The van der Waals surface area contributed by atoms with Gasteiger partial charge in [-0.3, -0.25) is 14.2 Å². The molecule has 2 amide bonds. The Balaban J connectivity index is 1.36. The minimum atomic E-state index is -0.404. The molecule has 2 heterocycles. The molecule has 3 aromatic rings. The fourth-order valence-corrected chi connectivity index (χ4v) is 4.38. The highest BCUT2D eigenvalue weighted by atomic mass is 32.2. The molecule has 0 bridgehead atoms. The van der Waals surface area contributed by atoms with Gasteiger partial charge >= 0.3 is 0 Å². The van der Waals surface area contributed by atoms with E-state index in [2.05, 4.69) is 20.8 Å². The van der Waals surface area contributed by atoms with Gasteiger partial charge in [-0.05, 0) is 61.4 Å². The Labute approximate surface area is 206 Å². The molecule has 11 heteroatoms. The summed E-state index contributed by atoms with van der Waals surface area (Å²) in [7, 11) is 1.61. The smallest absolute Gasteiger partial charge is 0.243 e. The van der Waals surface area contributed by atoms with Gasteiger partial charge in [0.15, 0.2) is 11.0 Å². The van der Waals surface area contributed by atoms with E-state index in [-0.39, 0.29) is 24.3 Å². The molecule has 4 rings (SSSR count). The average molecular weight is 500 g/mol. The van der Waals surface area contributed by atoms with Gasteiger partial charge in [-0.25, -0.2) is 4.39 Å². The number of amides is 2. The summed E-state index contributed by atoms with van der Waals surface area (Å²) in [5, 5.41) is 14.5. The Bertz CT molecular complexity index is 1150. The number of thioether (sulfide) groups is 1. The van der Waals surface area contributed by atoms with Crippen LogP contribution in [0.2, 0.25) is 0 Å². The molecule has 1 unspecified atom stereocenters. The van der Waals surface area contributed by atoms with Crippen LogP contribution in [-0.4, -0.2) is 58.7 Å². The fraction of sp³-hybridized carbons (Fsp3) is 0.333. The maximum absolute atomic E-state index is 13.0. The zero-order valence-electron chi connectivity index (χ0n) is 19.2. The number of aromatic nitrogens is 3. The Morgan fingerprint density at radius 1 is 1.14 bits per heavy atom. The van der Waals surface area contributed by atoms with Gasteiger partial charge in [-0.2, -0.15) is 0 Å². The number of hydrogen-bond donors (Lipinski definition) is 2. The lowest BCUT2D eigenvalue weighted by atomic mass is 10.2. The summed E-state index contributed by atoms with van der Waals surface area (Å²) in [6.07, 6.45) is 2.02. The number of hydrogen-bond acceptors (Lipinski definition) is 7. The number of anilines is 1. The Morgan fingerprint density at radius 3 is 2.60 bits per heavy atom. The SMILES string of the molecule is COc1ccc(-c2nnc(SCC(=O)NCC(=O)Nc3ccc(F)cc3)n2CC2CCCO2)cc1. The van der Waals surface area contributed by atoms with Crippen LogP contribution in [0.1, 0.15) is 12.8 Å². The molecule has 184 valence electrons. The molecule has 0 spiro atoms. The van der Waals surface area contributed by atoms with E-state index in [4.69, 9.17) is 9.47 Å². The summed E-state index contributed by atoms with van der Waals surface area (Å²) in [5.41, 5.74) is 1.33. The highest BCUT2D eigenvalue weighted by Crippen LogP contribution is 2.27. The van der Waals surface area contributed by atoms with Gasteiger partial charge in [0, 0.05) is 17.9 Å². The molecule has 35 heavy (non-hydrogen) atoms. The predicted octanol–water partition coefficient (Wildman–Crippen LogP) is 3.12. The lowest BCUT2D eigenvalue weighted by Crippen LogP contribution is -2.34. The van der Waals surface area contributed by atoms with Crippen LogP contribution in [0.25, 0.3) is 11.4 Å². The zero-order chi connectivity index (χ0) is 24.6. The summed E-state index contributed by atoms with van der Waals surface area (Å²) < 4.78 is 26.0. The molecule has 1 atom stereocenters. The third-order valence-electron chi connectivity index (χ3n) is 5.38. The monoisotopic (exact) mass is 499 g/mol. The quantitative estimate of drug-likeness (QED) is 0.413. The van der Waals surface area contributed by atoms with E-state index in [9.17, 15) is 14.0 Å². The highest BCUT2D eigenvalue weighted by molar-refractivity contribution is 7.99. The summed E-state index contributed by atoms with van der Waals surface area (Å²) >= 11 is 1.24. The molecule has 1 aliphatic rings. The number of nitrogens with one attached hydrogen (secondary N) is 2. The first-order valence-corrected chi connectivity index (χ1v) is 12.1. The van der Waals surface area contributed by atoms with Crippen molar-refractivity contribution in [3.8, 4) is 17.1 Å². The van der Waals surface area contributed by atoms with Crippen molar-refractivity contribution in [1.82, 2.24) is 20.1 Å². The molecule has 0 saturated carbocycles. The van der Waals surface area contributed by atoms with Crippen LogP contribution < -0.4 is 15.4 Å². The maximum Gasteiger partial charge on any atom is 0.243 e. The molecule has 1 saturated heterocycles. The Morgan fingerprint density at radius 2 is 1.91 bits per heavy atom. The van der Waals surface area contributed by atoms with E-state index in [0.29, 0.717) is 23.2 Å². The van der Waals surface area contributed by atoms with Crippen LogP contribution in [0.15, 0.2) is 53.7 Å². The van der Waals surface area contributed by atoms with Crippen molar-refractivity contribution in [3.63, 3.8) is 0 Å². The third-order valence-corrected chi connectivity index (χ3v) is 6.35. The van der Waals surface area contributed by atoms with E-state index < -0.39 is 11.7 Å². The number of carbonyl (C=O) groups is 2. The topological polar surface area (TPSA) is 107 Å². The van der Waals surface area contributed by atoms with Crippen molar-refractivity contribution in [2.45, 2.75) is 30.6 Å². The number of rotatable bonds is 10. The van der Waals surface area contributed by atoms with Crippen molar-refractivity contribution >= 4 is 29.3 Å². The first-order valence-electron chi connectivity index (χ1n) is 11.2. The summed E-state index contributed by atoms with van der Waals surface area (Å²) in [4.78, 5) is 24.4. The van der Waals surface area contributed by atoms with Gasteiger partial charge in [0.2, 0.25) is 11.8 Å². The molecule has 1 aromatic heterocycles. The van der Waals surface area contributed by atoms with Gasteiger partial charge in [-0.15, -0.1) is 10.2 Å². The first-order chi connectivity index (χ1) is 17.0. The van der Waals surface area contributed by atoms with E-state index in [1.807, 2.05) is 28.8 Å². The second kappa shape index (κ2) is 11.8. The van der Waals surface area contributed by atoms with Gasteiger partial charge in [0.1, 0.15) is 11.6 Å². The molecule has 2 aromatic carbocycles. The second-order valence-electron chi connectivity index (χ2n) is 7.90. The number of benzene rings is 2. The molecule has 0 aliphatic carbocycles. The van der Waals surface area contributed by atoms with Crippen molar-refractivity contribution < 1.29 is 23.5 Å². The lowest BCUT2D eigenvalue weighted by molar-refractivity contribution is -0.122. The maximum atomic E-state index is 13.0. The van der Waals surface area contributed by atoms with Gasteiger partial charge in [0.25, 0.3) is 0 Å². The molecular formula is C24H26FN5O4S. The number of methoxy groups -OCH3 is 1. The third kappa shape index (κ3) is 6.80. The van der Waals surface area contributed by atoms with Gasteiger partial charge < -0.3 is 20.1 Å². The van der Waals surface area contributed by atoms with Crippen molar-refractivity contribution in [3.05, 3.63) is 54.3 Å². The molecule has 9 nitrogen and oxygen atoms in total. The minimum Gasteiger partial charge on any atom is -0.497 e. The number of halogens is 1. The highest BCUT2D eigenvalue weighted by Gasteiger charge is 2.22. The van der Waals surface area contributed by atoms with Crippen molar-refractivity contribution in [2.24, 2.45) is 0 Å². The van der Waals surface area contributed by atoms with E-state index in [0.717, 1.165) is 30.8 Å². The van der Waals surface area contributed by atoms with Crippen LogP contribution in [0.3, 0.4) is 0 Å². The van der Waals surface area contributed by atoms with Crippen molar-refractivity contribution in [1.29, 1.82) is 0 Å². The fourth-order valence-electron chi connectivity index (χ4n) is 3.60. The van der Waals surface area contributed by atoms with Crippen LogP contribution in [0.5, 0.6) is 5.75 Å². The summed E-state index contributed by atoms with van der Waals surface area (Å²) in [6.45, 7) is 1.12. The lowest BCUT2D eigenvalue weighted by Gasteiger charge is -2.15. The zero-order valence-corrected chi connectivity index (χ0v) is 20.0. The molecular weight excluding hydrogens is 473 g/mol. The average Bonchev–Trinajstić information content (AvgIpc) is 3.53. The molecule has 2 N–H and O–H groups in total. The van der Waals surface area contributed by atoms with Crippen molar-refractivity contribution in [2.75, 3.05) is 31.3 Å². The minimum absolute atomic E-state index is 0.0614. The Kier molecular flexibility index (Phi) is 8.32. The summed E-state index contributed by atoms with van der Waals surface area (Å²) in [5.74, 6) is 0.380. The second-order valence-corrected chi connectivity index (χ2v) is 8.84. The van der Waals surface area contributed by atoms with Crippen LogP contribution in [0.4, 0.5) is 10.1 Å². The van der Waals surface area contributed by atoms with Crippen LogP contribution in [-0.2, 0) is 20.9 Å². The first kappa shape index (κ1) is 24.7. The van der Waals surface area contributed by atoms with Crippen LogP contribution >= 0.6 is 11.8 Å². The van der Waals surface area contributed by atoms with E-state index in [1.54, 1.807) is 7.11 Å². The number of nitrogens with zero attached hydrogens (tertiary/aromatic N) is 3. The Hall–Kier alpha value is -3.44. The van der Waals surface area contributed by atoms with Crippen LogP contribution in [0, 0.1) is 5.82 Å². The predicted molar refractivity (Wildman–Crippen MR) is 130 cm³/mol. The summed E-state index contributed by atoms with van der Waals surface area (Å²) in [6, 6.07) is 12.9. The van der Waals surface area contributed by atoms with Gasteiger partial charge in [0.05, 0.1) is 32.1 Å².